The lowest BCUT2D eigenvalue weighted by atomic mass is 9.89. The highest BCUT2D eigenvalue weighted by atomic mass is 16.3. The highest BCUT2D eigenvalue weighted by Gasteiger charge is 2.32. The number of rotatable bonds is 4. The van der Waals surface area contributed by atoms with Crippen molar-refractivity contribution in [3.8, 4) is 0 Å². The van der Waals surface area contributed by atoms with Gasteiger partial charge in [0.15, 0.2) is 0 Å². The minimum Gasteiger partial charge on any atom is -0.389 e. The fourth-order valence-corrected chi connectivity index (χ4v) is 2.54. The molecule has 0 saturated heterocycles. The van der Waals surface area contributed by atoms with Crippen LogP contribution in [0.25, 0.3) is 0 Å². The van der Waals surface area contributed by atoms with E-state index in [2.05, 4.69) is 25.8 Å². The minimum atomic E-state index is -0.549. The quantitative estimate of drug-likeness (QED) is 0.776. The Bertz CT molecular complexity index is 185. The Morgan fingerprint density at radius 1 is 1.33 bits per heavy atom. The van der Waals surface area contributed by atoms with Crippen LogP contribution in [0.5, 0.6) is 0 Å². The first kappa shape index (κ1) is 13.0. The molecule has 0 amide bonds. The van der Waals surface area contributed by atoms with Crippen molar-refractivity contribution in [2.24, 2.45) is 0 Å². The zero-order valence-corrected chi connectivity index (χ0v) is 10.8. The van der Waals surface area contributed by atoms with Crippen molar-refractivity contribution in [3.05, 3.63) is 0 Å². The van der Waals surface area contributed by atoms with Crippen molar-refractivity contribution in [2.75, 3.05) is 7.05 Å². The van der Waals surface area contributed by atoms with Crippen LogP contribution in [0.4, 0.5) is 0 Å². The topological polar surface area (TPSA) is 23.5 Å². The van der Waals surface area contributed by atoms with Crippen LogP contribution in [0.3, 0.4) is 0 Å². The molecule has 0 radical (unpaired) electrons. The molecular weight excluding hydrogens is 186 g/mol. The summed E-state index contributed by atoms with van der Waals surface area (Å²) >= 11 is 0. The van der Waals surface area contributed by atoms with Crippen molar-refractivity contribution in [1.82, 2.24) is 4.90 Å². The summed E-state index contributed by atoms with van der Waals surface area (Å²) in [6.45, 7) is 6.17. The minimum absolute atomic E-state index is 0.255. The van der Waals surface area contributed by atoms with Gasteiger partial charge in [-0.3, -0.25) is 4.90 Å². The molecular formula is C13H27NO. The molecule has 1 rings (SSSR count). The molecule has 2 nitrogen and oxygen atoms in total. The van der Waals surface area contributed by atoms with Gasteiger partial charge in [0.1, 0.15) is 0 Å². The second-order valence-electron chi connectivity index (χ2n) is 5.34. The maximum Gasteiger partial charge on any atom is 0.0768 e. The summed E-state index contributed by atoms with van der Waals surface area (Å²) in [4.78, 5) is 2.39. The average molecular weight is 213 g/mol. The third-order valence-corrected chi connectivity index (χ3v) is 4.38. The molecule has 0 spiro atoms. The van der Waals surface area contributed by atoms with E-state index < -0.39 is 5.60 Å². The van der Waals surface area contributed by atoms with Gasteiger partial charge in [0.25, 0.3) is 0 Å². The Morgan fingerprint density at radius 2 is 1.87 bits per heavy atom. The molecule has 1 saturated carbocycles. The zero-order chi connectivity index (χ0) is 11.5. The van der Waals surface area contributed by atoms with Crippen LogP contribution in [0.15, 0.2) is 0 Å². The fourth-order valence-electron chi connectivity index (χ4n) is 2.54. The zero-order valence-electron chi connectivity index (χ0n) is 10.8. The molecule has 90 valence electrons. The van der Waals surface area contributed by atoms with Gasteiger partial charge in [0, 0.05) is 12.1 Å². The van der Waals surface area contributed by atoms with Crippen molar-refractivity contribution in [2.45, 2.75) is 77.0 Å². The van der Waals surface area contributed by atoms with Crippen molar-refractivity contribution >= 4 is 0 Å². The summed E-state index contributed by atoms with van der Waals surface area (Å²) < 4.78 is 0. The normalized spacial score (nSPS) is 25.2. The molecule has 2 atom stereocenters. The second kappa shape index (κ2) is 5.31. The molecule has 1 N–H and O–H groups in total. The van der Waals surface area contributed by atoms with Gasteiger partial charge in [-0.05, 0) is 40.2 Å². The van der Waals surface area contributed by atoms with E-state index >= 15 is 0 Å². The molecule has 0 aromatic carbocycles. The lowest BCUT2D eigenvalue weighted by molar-refractivity contribution is -0.0384. The predicted molar refractivity (Wildman–Crippen MR) is 65.0 cm³/mol. The van der Waals surface area contributed by atoms with Gasteiger partial charge >= 0.3 is 0 Å². The van der Waals surface area contributed by atoms with E-state index in [1.165, 1.54) is 32.1 Å². The van der Waals surface area contributed by atoms with Crippen LogP contribution in [-0.4, -0.2) is 34.7 Å². The Hall–Kier alpha value is -0.0800. The number of nitrogens with zero attached hydrogens (tertiary/aromatic N) is 1. The first-order chi connectivity index (χ1) is 6.99. The van der Waals surface area contributed by atoms with E-state index in [1.54, 1.807) is 0 Å². The van der Waals surface area contributed by atoms with Gasteiger partial charge in [-0.2, -0.15) is 0 Å². The summed E-state index contributed by atoms with van der Waals surface area (Å²) in [5, 5.41) is 10.3. The van der Waals surface area contributed by atoms with Crippen LogP contribution < -0.4 is 0 Å². The molecule has 1 aliphatic carbocycles. The van der Waals surface area contributed by atoms with Crippen LogP contribution in [-0.2, 0) is 0 Å². The highest BCUT2D eigenvalue weighted by Crippen LogP contribution is 2.27. The Kier molecular flexibility index (Phi) is 4.60. The van der Waals surface area contributed by atoms with Gasteiger partial charge in [0.05, 0.1) is 5.60 Å². The maximum atomic E-state index is 10.3. The molecule has 2 unspecified atom stereocenters. The second-order valence-corrected chi connectivity index (χ2v) is 5.34. The standard InChI is InChI=1S/C13H27NO/c1-5-13(3,15)11(2)14(4)12-9-7-6-8-10-12/h11-12,15H,5-10H2,1-4H3. The van der Waals surface area contributed by atoms with E-state index in [4.69, 9.17) is 0 Å². The first-order valence-electron chi connectivity index (χ1n) is 6.43. The summed E-state index contributed by atoms with van der Waals surface area (Å²) in [5.74, 6) is 0. The van der Waals surface area contributed by atoms with E-state index in [0.29, 0.717) is 6.04 Å². The Balaban J connectivity index is 2.54. The number of aliphatic hydroxyl groups is 1. The summed E-state index contributed by atoms with van der Waals surface area (Å²) in [7, 11) is 2.17. The number of hydrogen-bond donors (Lipinski definition) is 1. The largest absolute Gasteiger partial charge is 0.389 e. The molecule has 0 aromatic heterocycles. The van der Waals surface area contributed by atoms with E-state index in [9.17, 15) is 5.11 Å². The van der Waals surface area contributed by atoms with E-state index in [0.717, 1.165) is 6.42 Å². The Labute approximate surface area is 94.7 Å². The predicted octanol–water partition coefficient (Wildman–Crippen LogP) is 2.80. The molecule has 0 aliphatic heterocycles. The monoisotopic (exact) mass is 213 g/mol. The van der Waals surface area contributed by atoms with Crippen molar-refractivity contribution < 1.29 is 5.11 Å². The van der Waals surface area contributed by atoms with Crippen LogP contribution in [0.2, 0.25) is 0 Å². The van der Waals surface area contributed by atoms with E-state index in [1.807, 2.05) is 6.92 Å². The van der Waals surface area contributed by atoms with Crippen molar-refractivity contribution in [1.29, 1.82) is 0 Å². The van der Waals surface area contributed by atoms with Gasteiger partial charge in [-0.15, -0.1) is 0 Å². The Morgan fingerprint density at radius 3 is 2.33 bits per heavy atom. The number of likely N-dealkylation sites (N-methyl/N-ethyl adjacent to an activating group) is 1. The van der Waals surface area contributed by atoms with Gasteiger partial charge < -0.3 is 5.11 Å². The SMILES string of the molecule is CCC(C)(O)C(C)N(C)C1CCCCC1. The fraction of sp³-hybridized carbons (Fsp3) is 1.00. The summed E-state index contributed by atoms with van der Waals surface area (Å²) in [6.07, 6.45) is 7.54. The average Bonchev–Trinajstić information content (AvgIpc) is 2.28. The third-order valence-electron chi connectivity index (χ3n) is 4.38. The summed E-state index contributed by atoms with van der Waals surface area (Å²) in [6, 6.07) is 0.942. The molecule has 0 bridgehead atoms. The summed E-state index contributed by atoms with van der Waals surface area (Å²) in [5.41, 5.74) is -0.549. The lowest BCUT2D eigenvalue weighted by Crippen LogP contribution is -2.51. The van der Waals surface area contributed by atoms with Gasteiger partial charge in [-0.25, -0.2) is 0 Å². The van der Waals surface area contributed by atoms with Gasteiger partial charge in [0.2, 0.25) is 0 Å². The first-order valence-corrected chi connectivity index (χ1v) is 6.43. The molecule has 15 heavy (non-hydrogen) atoms. The third kappa shape index (κ3) is 3.18. The molecule has 0 heterocycles. The van der Waals surface area contributed by atoms with E-state index in [-0.39, 0.29) is 6.04 Å². The maximum absolute atomic E-state index is 10.3. The molecule has 0 aromatic rings. The smallest absolute Gasteiger partial charge is 0.0768 e. The molecule has 1 fully saturated rings. The highest BCUT2D eigenvalue weighted by molar-refractivity contribution is 4.88. The number of hydrogen-bond acceptors (Lipinski definition) is 2. The molecule has 2 heteroatoms. The molecule has 1 aliphatic rings. The van der Waals surface area contributed by atoms with Gasteiger partial charge in [-0.1, -0.05) is 26.2 Å². The van der Waals surface area contributed by atoms with Crippen LogP contribution in [0.1, 0.15) is 59.3 Å². The van der Waals surface area contributed by atoms with Crippen LogP contribution in [0, 0.1) is 0 Å². The van der Waals surface area contributed by atoms with Crippen molar-refractivity contribution in [3.63, 3.8) is 0 Å². The lowest BCUT2D eigenvalue weighted by Gasteiger charge is -2.42. The van der Waals surface area contributed by atoms with Crippen LogP contribution >= 0.6 is 0 Å².